The van der Waals surface area contributed by atoms with Crippen molar-refractivity contribution in [2.45, 2.75) is 25.8 Å². The molecule has 2 heteroatoms. The molecule has 0 aromatic heterocycles. The van der Waals surface area contributed by atoms with Crippen molar-refractivity contribution in [2.24, 2.45) is 5.92 Å². The molecule has 1 aliphatic carbocycles. The van der Waals surface area contributed by atoms with Crippen molar-refractivity contribution in [3.8, 4) is 0 Å². The molecular formula is C12H16ClN. The Morgan fingerprint density at radius 2 is 2.00 bits per heavy atom. The molecule has 1 aromatic rings. The molecule has 1 saturated carbocycles. The summed E-state index contributed by atoms with van der Waals surface area (Å²) in [6.07, 6.45) is 2.81. The highest BCUT2D eigenvalue weighted by Crippen LogP contribution is 2.28. The van der Waals surface area contributed by atoms with E-state index in [0.717, 1.165) is 17.5 Å². The highest BCUT2D eigenvalue weighted by Gasteiger charge is 2.21. The van der Waals surface area contributed by atoms with Crippen molar-refractivity contribution in [3.63, 3.8) is 0 Å². The zero-order valence-corrected chi connectivity index (χ0v) is 9.22. The van der Waals surface area contributed by atoms with Gasteiger partial charge in [0.15, 0.2) is 0 Å². The van der Waals surface area contributed by atoms with Crippen LogP contribution in [0.15, 0.2) is 24.3 Å². The zero-order chi connectivity index (χ0) is 9.97. The molecule has 1 aliphatic rings. The quantitative estimate of drug-likeness (QED) is 0.802. The second kappa shape index (κ2) is 4.33. The number of rotatable bonds is 4. The maximum absolute atomic E-state index is 5.83. The van der Waals surface area contributed by atoms with Gasteiger partial charge in [0.05, 0.1) is 0 Å². The van der Waals surface area contributed by atoms with E-state index in [1.54, 1.807) is 0 Å². The molecule has 1 atom stereocenters. The normalized spacial score (nSPS) is 18.1. The van der Waals surface area contributed by atoms with E-state index < -0.39 is 0 Å². The number of hydrogen-bond donors (Lipinski definition) is 1. The van der Waals surface area contributed by atoms with Gasteiger partial charge in [0.25, 0.3) is 0 Å². The lowest BCUT2D eigenvalue weighted by Gasteiger charge is -2.13. The molecule has 1 fully saturated rings. The minimum atomic E-state index is 0.438. The molecule has 1 aromatic carbocycles. The van der Waals surface area contributed by atoms with Crippen molar-refractivity contribution in [2.75, 3.05) is 6.54 Å². The smallest absolute Gasteiger partial charge is 0.0406 e. The van der Waals surface area contributed by atoms with Gasteiger partial charge in [-0.3, -0.25) is 0 Å². The average Bonchev–Trinajstić information content (AvgIpc) is 2.99. The van der Waals surface area contributed by atoms with Crippen LogP contribution in [0.4, 0.5) is 0 Å². The van der Waals surface area contributed by atoms with Gasteiger partial charge in [-0.1, -0.05) is 23.7 Å². The molecule has 0 spiro atoms. The Bertz CT molecular complexity index is 290. The topological polar surface area (TPSA) is 12.0 Å². The monoisotopic (exact) mass is 209 g/mol. The summed E-state index contributed by atoms with van der Waals surface area (Å²) in [5.74, 6) is 0.935. The fourth-order valence-corrected chi connectivity index (χ4v) is 1.66. The maximum Gasteiger partial charge on any atom is 0.0406 e. The average molecular weight is 210 g/mol. The van der Waals surface area contributed by atoms with E-state index in [-0.39, 0.29) is 0 Å². The van der Waals surface area contributed by atoms with Gasteiger partial charge in [0.1, 0.15) is 0 Å². The van der Waals surface area contributed by atoms with Crippen LogP contribution in [0.3, 0.4) is 0 Å². The lowest BCUT2D eigenvalue weighted by Crippen LogP contribution is -2.20. The standard InChI is InChI=1S/C12H16ClN/c1-9(14-8-10-2-3-10)11-4-6-12(13)7-5-11/h4-7,9-10,14H,2-3,8H2,1H3/t9-/m1/s1. The van der Waals surface area contributed by atoms with Crippen molar-refractivity contribution >= 4 is 11.6 Å². The molecule has 1 nitrogen and oxygen atoms in total. The molecule has 0 bridgehead atoms. The Hall–Kier alpha value is -0.530. The molecular weight excluding hydrogens is 194 g/mol. The summed E-state index contributed by atoms with van der Waals surface area (Å²) in [5, 5.41) is 4.35. The van der Waals surface area contributed by atoms with Gasteiger partial charge in [0.2, 0.25) is 0 Å². The van der Waals surface area contributed by atoms with Gasteiger partial charge in [-0.2, -0.15) is 0 Å². The van der Waals surface area contributed by atoms with Crippen molar-refractivity contribution in [3.05, 3.63) is 34.9 Å². The van der Waals surface area contributed by atoms with Crippen molar-refractivity contribution < 1.29 is 0 Å². The summed E-state index contributed by atoms with van der Waals surface area (Å²) in [6.45, 7) is 3.36. The van der Waals surface area contributed by atoms with Gasteiger partial charge >= 0.3 is 0 Å². The minimum absolute atomic E-state index is 0.438. The predicted molar refractivity (Wildman–Crippen MR) is 60.6 cm³/mol. The number of nitrogens with one attached hydrogen (secondary N) is 1. The van der Waals surface area contributed by atoms with E-state index in [4.69, 9.17) is 11.6 Å². The lowest BCUT2D eigenvalue weighted by atomic mass is 10.1. The molecule has 1 N–H and O–H groups in total. The summed E-state index contributed by atoms with van der Waals surface area (Å²) in [6, 6.07) is 8.52. The third-order valence-electron chi connectivity index (χ3n) is 2.78. The van der Waals surface area contributed by atoms with E-state index >= 15 is 0 Å². The van der Waals surface area contributed by atoms with E-state index in [0.29, 0.717) is 6.04 Å². The zero-order valence-electron chi connectivity index (χ0n) is 8.46. The Morgan fingerprint density at radius 3 is 2.57 bits per heavy atom. The lowest BCUT2D eigenvalue weighted by molar-refractivity contribution is 0.549. The highest BCUT2D eigenvalue weighted by atomic mass is 35.5. The second-order valence-corrected chi connectivity index (χ2v) is 4.56. The first-order valence-corrected chi connectivity index (χ1v) is 5.62. The summed E-state index contributed by atoms with van der Waals surface area (Å²) in [4.78, 5) is 0. The molecule has 0 radical (unpaired) electrons. The Labute approximate surface area is 90.5 Å². The number of hydrogen-bond acceptors (Lipinski definition) is 1. The highest BCUT2D eigenvalue weighted by molar-refractivity contribution is 6.30. The van der Waals surface area contributed by atoms with Crippen molar-refractivity contribution in [1.82, 2.24) is 5.32 Å². The fourth-order valence-electron chi connectivity index (χ4n) is 1.53. The first kappa shape index (κ1) is 10.0. The molecule has 0 amide bonds. The van der Waals surface area contributed by atoms with Crippen LogP contribution in [-0.2, 0) is 0 Å². The van der Waals surface area contributed by atoms with Gasteiger partial charge in [0, 0.05) is 11.1 Å². The first-order chi connectivity index (χ1) is 6.75. The van der Waals surface area contributed by atoms with E-state index in [1.807, 2.05) is 12.1 Å². The van der Waals surface area contributed by atoms with Crippen LogP contribution in [0.25, 0.3) is 0 Å². The maximum atomic E-state index is 5.83. The summed E-state index contributed by atoms with van der Waals surface area (Å²) < 4.78 is 0. The van der Waals surface area contributed by atoms with Crippen LogP contribution in [0.2, 0.25) is 5.02 Å². The van der Waals surface area contributed by atoms with Crippen LogP contribution in [0.1, 0.15) is 31.4 Å². The molecule has 0 saturated heterocycles. The van der Waals surface area contributed by atoms with E-state index in [2.05, 4.69) is 24.4 Å². The summed E-state index contributed by atoms with van der Waals surface area (Å²) >= 11 is 5.83. The van der Waals surface area contributed by atoms with Gasteiger partial charge < -0.3 is 5.32 Å². The SMILES string of the molecule is C[C@@H](NCC1CC1)c1ccc(Cl)cc1. The predicted octanol–water partition coefficient (Wildman–Crippen LogP) is 3.40. The molecule has 14 heavy (non-hydrogen) atoms. The molecule has 0 aliphatic heterocycles. The Kier molecular flexibility index (Phi) is 3.09. The van der Waals surface area contributed by atoms with Crippen molar-refractivity contribution in [1.29, 1.82) is 0 Å². The molecule has 0 heterocycles. The molecule has 0 unspecified atom stereocenters. The summed E-state index contributed by atoms with van der Waals surface area (Å²) in [7, 11) is 0. The van der Waals surface area contributed by atoms with E-state index in [9.17, 15) is 0 Å². The second-order valence-electron chi connectivity index (χ2n) is 4.12. The van der Waals surface area contributed by atoms with Crippen LogP contribution in [-0.4, -0.2) is 6.54 Å². The third kappa shape index (κ3) is 2.73. The number of halogens is 1. The minimum Gasteiger partial charge on any atom is -0.310 e. The number of benzene rings is 1. The Balaban J connectivity index is 1.88. The fraction of sp³-hybridized carbons (Fsp3) is 0.500. The van der Waals surface area contributed by atoms with Gasteiger partial charge in [-0.05, 0) is 49.9 Å². The van der Waals surface area contributed by atoms with Gasteiger partial charge in [-0.25, -0.2) is 0 Å². The largest absolute Gasteiger partial charge is 0.310 e. The van der Waals surface area contributed by atoms with Crippen LogP contribution in [0, 0.1) is 5.92 Å². The third-order valence-corrected chi connectivity index (χ3v) is 3.03. The molecule has 2 rings (SSSR count). The first-order valence-electron chi connectivity index (χ1n) is 5.24. The molecule has 76 valence electrons. The Morgan fingerprint density at radius 1 is 1.36 bits per heavy atom. The summed E-state index contributed by atoms with van der Waals surface area (Å²) in [5.41, 5.74) is 1.31. The van der Waals surface area contributed by atoms with E-state index in [1.165, 1.54) is 18.4 Å². The van der Waals surface area contributed by atoms with Crippen LogP contribution >= 0.6 is 11.6 Å². The van der Waals surface area contributed by atoms with Crippen LogP contribution in [0.5, 0.6) is 0 Å². The van der Waals surface area contributed by atoms with Gasteiger partial charge in [-0.15, -0.1) is 0 Å². The van der Waals surface area contributed by atoms with Crippen LogP contribution < -0.4 is 5.32 Å².